The van der Waals surface area contributed by atoms with E-state index in [0.29, 0.717) is 16.5 Å². The second-order valence-electron chi connectivity index (χ2n) is 3.38. The highest BCUT2D eigenvalue weighted by molar-refractivity contribution is 7.98. The Hall–Kier alpha value is 0.110. The second-order valence-corrected chi connectivity index (χ2v) is 5.20. The molecule has 1 nitrogen and oxygen atoms in total. The van der Waals surface area contributed by atoms with Crippen molar-refractivity contribution < 1.29 is 5.11 Å². The van der Waals surface area contributed by atoms with Gasteiger partial charge in [-0.05, 0) is 42.5 Å². The van der Waals surface area contributed by atoms with Gasteiger partial charge in [0.05, 0.1) is 6.10 Å². The highest BCUT2D eigenvalue weighted by atomic mass is 35.5. The topological polar surface area (TPSA) is 20.2 Å². The van der Waals surface area contributed by atoms with Crippen LogP contribution in [0.5, 0.6) is 0 Å². The number of hydrogen-bond acceptors (Lipinski definition) is 2. The molecule has 0 spiro atoms. The summed E-state index contributed by atoms with van der Waals surface area (Å²) in [5, 5.41) is 11.0. The van der Waals surface area contributed by atoms with E-state index in [1.54, 1.807) is 23.9 Å². The van der Waals surface area contributed by atoms with Crippen molar-refractivity contribution in [2.45, 2.75) is 18.9 Å². The van der Waals surface area contributed by atoms with Gasteiger partial charge in [0, 0.05) is 10.0 Å². The van der Waals surface area contributed by atoms with E-state index in [4.69, 9.17) is 23.2 Å². The molecule has 0 heterocycles. The molecule has 0 aliphatic carbocycles. The van der Waals surface area contributed by atoms with Crippen molar-refractivity contribution in [2.24, 2.45) is 0 Å². The van der Waals surface area contributed by atoms with Crippen molar-refractivity contribution in [3.05, 3.63) is 33.8 Å². The van der Waals surface area contributed by atoms with Crippen LogP contribution in [0.2, 0.25) is 10.0 Å². The van der Waals surface area contributed by atoms with Crippen LogP contribution in [0.25, 0.3) is 0 Å². The fourth-order valence-electron chi connectivity index (χ4n) is 1.30. The molecule has 4 heteroatoms. The van der Waals surface area contributed by atoms with Gasteiger partial charge in [-0.15, -0.1) is 0 Å². The average Bonchev–Trinajstić information content (AvgIpc) is 2.19. The minimum atomic E-state index is -0.323. The van der Waals surface area contributed by atoms with E-state index >= 15 is 0 Å². The van der Waals surface area contributed by atoms with Crippen molar-refractivity contribution in [1.82, 2.24) is 0 Å². The molecule has 0 saturated carbocycles. The minimum absolute atomic E-state index is 0.323. The molecule has 84 valence electrons. The number of halogens is 2. The van der Waals surface area contributed by atoms with E-state index in [2.05, 4.69) is 0 Å². The number of hydrogen-bond donors (Lipinski definition) is 1. The Kier molecular flexibility index (Phi) is 5.83. The molecule has 1 unspecified atom stereocenters. The van der Waals surface area contributed by atoms with E-state index in [9.17, 15) is 5.11 Å². The molecule has 0 aromatic heterocycles. The maximum absolute atomic E-state index is 9.72. The van der Waals surface area contributed by atoms with Crippen LogP contribution in [-0.2, 0) is 6.42 Å². The van der Waals surface area contributed by atoms with Crippen LogP contribution in [0.15, 0.2) is 18.2 Å². The van der Waals surface area contributed by atoms with Crippen LogP contribution < -0.4 is 0 Å². The van der Waals surface area contributed by atoms with Gasteiger partial charge in [0.15, 0.2) is 0 Å². The van der Waals surface area contributed by atoms with Gasteiger partial charge in [-0.2, -0.15) is 11.8 Å². The highest BCUT2D eigenvalue weighted by Crippen LogP contribution is 2.22. The van der Waals surface area contributed by atoms with Gasteiger partial charge >= 0.3 is 0 Å². The van der Waals surface area contributed by atoms with E-state index in [-0.39, 0.29) is 6.10 Å². The van der Waals surface area contributed by atoms with Gasteiger partial charge in [0.25, 0.3) is 0 Å². The predicted octanol–water partition coefficient (Wildman–Crippen LogP) is 3.65. The summed E-state index contributed by atoms with van der Waals surface area (Å²) in [5.41, 5.74) is 0.953. The first kappa shape index (κ1) is 13.2. The van der Waals surface area contributed by atoms with Gasteiger partial charge in [0.1, 0.15) is 0 Å². The van der Waals surface area contributed by atoms with Gasteiger partial charge in [-0.25, -0.2) is 0 Å². The van der Waals surface area contributed by atoms with Crippen molar-refractivity contribution in [3.63, 3.8) is 0 Å². The van der Waals surface area contributed by atoms with Gasteiger partial charge in [-0.1, -0.05) is 29.3 Å². The SMILES string of the molecule is CSCCC(O)Cc1ccc(Cl)cc1Cl. The largest absolute Gasteiger partial charge is 0.393 e. The monoisotopic (exact) mass is 264 g/mol. The first-order valence-corrected chi connectivity index (χ1v) is 6.89. The van der Waals surface area contributed by atoms with E-state index in [0.717, 1.165) is 17.7 Å². The molecule has 0 bridgehead atoms. The lowest BCUT2D eigenvalue weighted by Gasteiger charge is -2.11. The minimum Gasteiger partial charge on any atom is -0.393 e. The molecular formula is C11H14Cl2OS. The summed E-state index contributed by atoms with van der Waals surface area (Å²) in [5.74, 6) is 0.965. The van der Waals surface area contributed by atoms with Gasteiger partial charge in [-0.3, -0.25) is 0 Å². The summed E-state index contributed by atoms with van der Waals surface area (Å²) in [6, 6.07) is 5.37. The number of aliphatic hydroxyl groups excluding tert-OH is 1. The first-order chi connectivity index (χ1) is 7.13. The van der Waals surface area contributed by atoms with Crippen LogP contribution in [0.4, 0.5) is 0 Å². The van der Waals surface area contributed by atoms with Crippen LogP contribution in [0.1, 0.15) is 12.0 Å². The maximum atomic E-state index is 9.72. The van der Waals surface area contributed by atoms with Gasteiger partial charge in [0.2, 0.25) is 0 Å². The first-order valence-electron chi connectivity index (χ1n) is 4.74. The normalized spacial score (nSPS) is 12.8. The van der Waals surface area contributed by atoms with E-state index in [1.807, 2.05) is 12.3 Å². The number of aliphatic hydroxyl groups is 1. The molecular weight excluding hydrogens is 251 g/mol. The summed E-state index contributed by atoms with van der Waals surface area (Å²) >= 11 is 13.5. The van der Waals surface area contributed by atoms with Crippen molar-refractivity contribution in [2.75, 3.05) is 12.0 Å². The molecule has 0 saturated heterocycles. The number of rotatable bonds is 5. The molecule has 0 fully saturated rings. The summed E-state index contributed by atoms with van der Waals surface area (Å²) in [4.78, 5) is 0. The Morgan fingerprint density at radius 1 is 1.40 bits per heavy atom. The van der Waals surface area contributed by atoms with Crippen molar-refractivity contribution >= 4 is 35.0 Å². The predicted molar refractivity (Wildman–Crippen MR) is 69.2 cm³/mol. The molecule has 1 aromatic rings. The Morgan fingerprint density at radius 2 is 2.13 bits per heavy atom. The lowest BCUT2D eigenvalue weighted by Crippen LogP contribution is -2.11. The molecule has 1 atom stereocenters. The highest BCUT2D eigenvalue weighted by Gasteiger charge is 2.08. The Morgan fingerprint density at radius 3 is 2.73 bits per heavy atom. The zero-order chi connectivity index (χ0) is 11.3. The zero-order valence-electron chi connectivity index (χ0n) is 8.54. The quantitative estimate of drug-likeness (QED) is 0.876. The molecule has 1 N–H and O–H groups in total. The molecule has 0 aliphatic heterocycles. The number of benzene rings is 1. The van der Waals surface area contributed by atoms with Crippen LogP contribution in [-0.4, -0.2) is 23.2 Å². The third-order valence-corrected chi connectivity index (χ3v) is 3.36. The Balaban J connectivity index is 2.56. The molecule has 0 radical (unpaired) electrons. The Bertz CT molecular complexity index is 317. The standard InChI is InChI=1S/C11H14Cl2OS/c1-15-5-4-10(14)6-8-2-3-9(12)7-11(8)13/h2-3,7,10,14H,4-6H2,1H3. The lowest BCUT2D eigenvalue weighted by molar-refractivity contribution is 0.172. The smallest absolute Gasteiger partial charge is 0.0589 e. The summed E-state index contributed by atoms with van der Waals surface area (Å²) in [6.07, 6.45) is 3.09. The number of thioether (sulfide) groups is 1. The van der Waals surface area contributed by atoms with Crippen molar-refractivity contribution in [1.29, 1.82) is 0 Å². The summed E-state index contributed by atoms with van der Waals surface area (Å²) < 4.78 is 0. The maximum Gasteiger partial charge on any atom is 0.0589 e. The fourth-order valence-corrected chi connectivity index (χ4v) is 2.29. The van der Waals surface area contributed by atoms with Crippen LogP contribution in [0.3, 0.4) is 0 Å². The third-order valence-electron chi connectivity index (χ3n) is 2.13. The average molecular weight is 265 g/mol. The fraction of sp³-hybridized carbons (Fsp3) is 0.455. The lowest BCUT2D eigenvalue weighted by atomic mass is 10.1. The molecule has 1 aromatic carbocycles. The van der Waals surface area contributed by atoms with E-state index in [1.165, 1.54) is 0 Å². The van der Waals surface area contributed by atoms with E-state index < -0.39 is 0 Å². The van der Waals surface area contributed by atoms with Crippen molar-refractivity contribution in [3.8, 4) is 0 Å². The molecule has 15 heavy (non-hydrogen) atoms. The molecule has 1 rings (SSSR count). The summed E-state index contributed by atoms with van der Waals surface area (Å²) in [6.45, 7) is 0. The van der Waals surface area contributed by atoms with Gasteiger partial charge < -0.3 is 5.11 Å². The van der Waals surface area contributed by atoms with Crippen LogP contribution >= 0.6 is 35.0 Å². The summed E-state index contributed by atoms with van der Waals surface area (Å²) in [7, 11) is 0. The Labute approximate surface area is 105 Å². The zero-order valence-corrected chi connectivity index (χ0v) is 10.9. The molecule has 0 aliphatic rings. The molecule has 0 amide bonds. The van der Waals surface area contributed by atoms with Crippen LogP contribution in [0, 0.1) is 0 Å². The second kappa shape index (κ2) is 6.64. The third kappa shape index (κ3) is 4.64.